The molecule has 0 spiro atoms. The van der Waals surface area contributed by atoms with Crippen LogP contribution in [0.1, 0.15) is 24.9 Å². The largest absolute Gasteiger partial charge is 0.394 e. The minimum atomic E-state index is -1.92. The number of aliphatic hydroxyl groups excluding tert-OH is 6. The molecule has 0 aromatic heterocycles. The van der Waals surface area contributed by atoms with Crippen LogP contribution in [0.3, 0.4) is 0 Å². The molecule has 22 heavy (non-hydrogen) atoms. The number of hydrogen-bond donors (Lipinski definition) is 7. The monoisotopic (exact) mass is 316 g/mol. The Kier molecular flexibility index (Phi) is 7.20. The summed E-state index contributed by atoms with van der Waals surface area (Å²) < 4.78 is 8.01. The Morgan fingerprint density at radius 1 is 1.00 bits per heavy atom. The van der Waals surface area contributed by atoms with Crippen LogP contribution in [0, 0.1) is 0 Å². The summed E-state index contributed by atoms with van der Waals surface area (Å²) in [5.41, 5.74) is 0.752. The molecule has 7 heteroatoms. The SMILES string of the molecule is [2H]N(C(CC)c1ccccc1)C(O)[C@H](O)[C@@H](O)[C@H](O)[C@H](O)CO. The van der Waals surface area contributed by atoms with Crippen molar-refractivity contribution in [3.63, 3.8) is 0 Å². The second-order valence-electron chi connectivity index (χ2n) is 5.12. The molecule has 1 rings (SSSR count). The van der Waals surface area contributed by atoms with Crippen LogP contribution in [0.5, 0.6) is 0 Å². The third-order valence-electron chi connectivity index (χ3n) is 3.49. The van der Waals surface area contributed by atoms with Crippen LogP contribution in [0.15, 0.2) is 30.3 Å². The zero-order valence-electron chi connectivity index (χ0n) is 13.4. The molecule has 0 aliphatic rings. The zero-order valence-corrected chi connectivity index (χ0v) is 12.4. The van der Waals surface area contributed by atoms with Gasteiger partial charge in [-0.05, 0) is 12.0 Å². The third kappa shape index (κ3) is 4.99. The van der Waals surface area contributed by atoms with Gasteiger partial charge in [-0.3, -0.25) is 5.31 Å². The van der Waals surface area contributed by atoms with Crippen LogP contribution in [0.4, 0.5) is 0 Å². The first kappa shape index (κ1) is 17.3. The van der Waals surface area contributed by atoms with Gasteiger partial charge in [-0.2, -0.15) is 0 Å². The molecule has 6 atom stereocenters. The first-order valence-electron chi connectivity index (χ1n) is 7.63. The van der Waals surface area contributed by atoms with E-state index in [1.54, 1.807) is 31.2 Å². The molecule has 126 valence electrons. The average Bonchev–Trinajstić information content (AvgIpc) is 2.59. The second-order valence-corrected chi connectivity index (χ2v) is 5.12. The first-order valence-corrected chi connectivity index (χ1v) is 7.18. The van der Waals surface area contributed by atoms with Gasteiger partial charge in [0.1, 0.15) is 32.1 Å². The highest BCUT2D eigenvalue weighted by molar-refractivity contribution is 5.18. The van der Waals surface area contributed by atoms with E-state index in [4.69, 9.17) is 6.52 Å². The predicted octanol–water partition coefficient (Wildman–Crippen LogP) is -1.52. The minimum absolute atomic E-state index is 0.467. The lowest BCUT2D eigenvalue weighted by molar-refractivity contribution is -0.146. The number of benzene rings is 1. The Morgan fingerprint density at radius 2 is 1.59 bits per heavy atom. The molecule has 0 aliphatic heterocycles. The van der Waals surface area contributed by atoms with Crippen molar-refractivity contribution >= 4 is 0 Å². The summed E-state index contributed by atoms with van der Waals surface area (Å²) in [6.45, 7) is 0.992. The molecular formula is C15H25NO6. The molecule has 1 aromatic carbocycles. The van der Waals surface area contributed by atoms with Crippen molar-refractivity contribution in [3.05, 3.63) is 35.9 Å². The van der Waals surface area contributed by atoms with Crippen molar-refractivity contribution in [2.24, 2.45) is 0 Å². The summed E-state index contributed by atoms with van der Waals surface area (Å²) in [7, 11) is 0. The minimum Gasteiger partial charge on any atom is -0.394 e. The van der Waals surface area contributed by atoms with Crippen LogP contribution in [-0.4, -0.2) is 67.9 Å². The van der Waals surface area contributed by atoms with Crippen LogP contribution in [0.25, 0.3) is 0 Å². The Morgan fingerprint density at radius 3 is 2.09 bits per heavy atom. The van der Waals surface area contributed by atoms with E-state index < -0.39 is 43.3 Å². The molecule has 0 fully saturated rings. The summed E-state index contributed by atoms with van der Waals surface area (Å²) in [6, 6.07) is 8.39. The lowest BCUT2D eigenvalue weighted by Gasteiger charge is -2.31. The average molecular weight is 316 g/mol. The van der Waals surface area contributed by atoms with Gasteiger partial charge >= 0.3 is 0 Å². The number of rotatable bonds is 9. The maximum absolute atomic E-state index is 10.1. The Hall–Kier alpha value is -1.06. The number of hydrogen-bond acceptors (Lipinski definition) is 7. The molecule has 0 saturated heterocycles. The smallest absolute Gasteiger partial charge is 0.134 e. The van der Waals surface area contributed by atoms with Crippen molar-refractivity contribution in [3.8, 4) is 0 Å². The lowest BCUT2D eigenvalue weighted by atomic mass is 10.00. The van der Waals surface area contributed by atoms with Crippen LogP contribution < -0.4 is 5.31 Å². The Bertz CT molecular complexity index is 451. The quantitative estimate of drug-likeness (QED) is 0.275. The first-order chi connectivity index (χ1) is 10.8. The molecule has 0 amide bonds. The summed E-state index contributed by atoms with van der Waals surface area (Å²) in [5.74, 6) is 0. The molecule has 0 radical (unpaired) electrons. The standard InChI is InChI=1S/C15H25NO6/c1-2-10(9-6-4-3-5-7-9)16-15(22)14(21)13(20)12(19)11(18)8-17/h3-7,10-22H,2,8H2,1H3/t10?,11-,12-,13+,14-,15?/m1/s1/i/hD. The van der Waals surface area contributed by atoms with E-state index in [0.717, 1.165) is 10.9 Å². The highest BCUT2D eigenvalue weighted by Gasteiger charge is 2.34. The Labute approximate surface area is 130 Å². The number of nitrogens with one attached hydrogen (secondary N) is 1. The zero-order chi connectivity index (χ0) is 17.6. The van der Waals surface area contributed by atoms with Crippen molar-refractivity contribution < 1.29 is 32.1 Å². The maximum atomic E-state index is 10.1. The van der Waals surface area contributed by atoms with Gasteiger partial charge in [0.25, 0.3) is 0 Å². The highest BCUT2D eigenvalue weighted by Crippen LogP contribution is 2.18. The van der Waals surface area contributed by atoms with Gasteiger partial charge in [-0.1, -0.05) is 37.3 Å². The summed E-state index contributed by atoms with van der Waals surface area (Å²) in [4.78, 5) is 0. The second kappa shape index (κ2) is 9.16. The van der Waals surface area contributed by atoms with Gasteiger partial charge < -0.3 is 30.6 Å². The van der Waals surface area contributed by atoms with E-state index in [2.05, 4.69) is 0 Å². The van der Waals surface area contributed by atoms with Gasteiger partial charge in [-0.15, -0.1) is 0 Å². The summed E-state index contributed by atoms with van der Waals surface area (Å²) >= 11 is 0. The molecule has 0 heterocycles. The molecule has 7 nitrogen and oxygen atoms in total. The molecule has 0 saturated carbocycles. The predicted molar refractivity (Wildman–Crippen MR) is 79.7 cm³/mol. The molecule has 1 aromatic rings. The van der Waals surface area contributed by atoms with Crippen LogP contribution >= 0.6 is 0 Å². The van der Waals surface area contributed by atoms with E-state index in [1.807, 2.05) is 6.07 Å². The van der Waals surface area contributed by atoms with Gasteiger partial charge in [0.15, 0.2) is 0 Å². The number of aliphatic hydroxyl groups is 6. The van der Waals surface area contributed by atoms with Gasteiger partial charge in [0, 0.05) is 6.04 Å². The summed E-state index contributed by atoms with van der Waals surface area (Å²) in [6.07, 6.45) is -8.67. The van der Waals surface area contributed by atoms with Crippen molar-refractivity contribution in [1.29, 1.82) is 0 Å². The van der Waals surface area contributed by atoms with Crippen LogP contribution in [-0.2, 0) is 0 Å². The molecule has 7 N–H and O–H groups in total. The fourth-order valence-electron chi connectivity index (χ4n) is 2.09. The fraction of sp³-hybridized carbons (Fsp3) is 0.600. The van der Waals surface area contributed by atoms with Gasteiger partial charge in [0.2, 0.25) is 0 Å². The summed E-state index contributed by atoms with van der Waals surface area (Å²) in [5, 5.41) is 58.2. The molecular weight excluding hydrogens is 290 g/mol. The van der Waals surface area contributed by atoms with Crippen LogP contribution in [0.2, 0.25) is 1.41 Å². The topological polar surface area (TPSA) is 133 Å². The highest BCUT2D eigenvalue weighted by atomic mass is 16.4. The fourth-order valence-corrected chi connectivity index (χ4v) is 2.09. The van der Waals surface area contributed by atoms with E-state index >= 15 is 0 Å². The molecule has 0 bridgehead atoms. The molecule has 0 aliphatic carbocycles. The van der Waals surface area contributed by atoms with Gasteiger partial charge in [-0.25, -0.2) is 0 Å². The van der Waals surface area contributed by atoms with Gasteiger partial charge in [0.05, 0.1) is 6.61 Å². The normalized spacial score (nSPS) is 20.8. The van der Waals surface area contributed by atoms with E-state index in [0.29, 0.717) is 6.42 Å². The van der Waals surface area contributed by atoms with Crippen molar-refractivity contribution in [2.75, 3.05) is 6.61 Å². The third-order valence-corrected chi connectivity index (χ3v) is 3.49. The van der Waals surface area contributed by atoms with E-state index in [-0.39, 0.29) is 0 Å². The van der Waals surface area contributed by atoms with Crippen molar-refractivity contribution in [2.45, 2.75) is 50.0 Å². The Balaban J connectivity index is 2.83. The lowest BCUT2D eigenvalue weighted by Crippen LogP contribution is -2.54. The molecule has 2 unspecified atom stereocenters. The maximum Gasteiger partial charge on any atom is 0.134 e. The van der Waals surface area contributed by atoms with Crippen molar-refractivity contribution in [1.82, 2.24) is 5.31 Å². The van der Waals surface area contributed by atoms with E-state index in [9.17, 15) is 25.5 Å². The van der Waals surface area contributed by atoms with E-state index in [1.165, 1.54) is 0 Å².